The van der Waals surface area contributed by atoms with Crippen molar-refractivity contribution in [3.63, 3.8) is 0 Å². The Morgan fingerprint density at radius 2 is 1.06 bits per heavy atom. The standard InChI is InChI=1S/C30H28N2O2/c33-29(22-25-13-15-27(16-14-25)31-26-9-5-2-6-10-26)19-20-30(34)32-28-17-11-24(12-18-28)21-23-7-3-1-4-8-23/h1-18,31H,19-22H2,(H,32,34). The van der Waals surface area contributed by atoms with E-state index in [1.807, 2.05) is 97.1 Å². The second-order valence-corrected chi connectivity index (χ2v) is 8.31. The molecule has 4 nitrogen and oxygen atoms in total. The normalized spacial score (nSPS) is 10.5. The van der Waals surface area contributed by atoms with Crippen LogP contribution in [-0.4, -0.2) is 11.7 Å². The minimum absolute atomic E-state index is 0.0529. The Hall–Kier alpha value is -4.18. The Bertz CT molecular complexity index is 1100. The Morgan fingerprint density at radius 1 is 0.529 bits per heavy atom. The predicted molar refractivity (Wildman–Crippen MR) is 138 cm³/mol. The van der Waals surface area contributed by atoms with Crippen molar-refractivity contribution < 1.29 is 9.59 Å². The zero-order valence-electron chi connectivity index (χ0n) is 19.0. The third-order valence-corrected chi connectivity index (χ3v) is 5.54. The summed E-state index contributed by atoms with van der Waals surface area (Å²) in [6, 6.07) is 35.9. The number of amides is 1. The first-order chi connectivity index (χ1) is 16.6. The van der Waals surface area contributed by atoms with Gasteiger partial charge in [0.25, 0.3) is 0 Å². The van der Waals surface area contributed by atoms with Gasteiger partial charge in [0.2, 0.25) is 5.91 Å². The Balaban J connectivity index is 1.20. The van der Waals surface area contributed by atoms with Crippen molar-refractivity contribution in [1.82, 2.24) is 0 Å². The molecule has 0 saturated carbocycles. The van der Waals surface area contributed by atoms with Gasteiger partial charge in [0.05, 0.1) is 0 Å². The molecular weight excluding hydrogens is 420 g/mol. The number of nitrogens with one attached hydrogen (secondary N) is 2. The molecule has 0 aliphatic heterocycles. The van der Waals surface area contributed by atoms with E-state index in [0.717, 1.165) is 29.0 Å². The van der Waals surface area contributed by atoms with Gasteiger partial charge in [0.1, 0.15) is 5.78 Å². The van der Waals surface area contributed by atoms with Crippen molar-refractivity contribution in [1.29, 1.82) is 0 Å². The summed E-state index contributed by atoms with van der Waals surface area (Å²) in [6.45, 7) is 0. The van der Waals surface area contributed by atoms with Gasteiger partial charge >= 0.3 is 0 Å². The SMILES string of the molecule is O=C(CCC(=O)Nc1ccc(Cc2ccccc2)cc1)Cc1ccc(Nc2ccccc2)cc1. The second-order valence-electron chi connectivity index (χ2n) is 8.31. The molecule has 4 aromatic carbocycles. The molecule has 4 aromatic rings. The number of hydrogen-bond acceptors (Lipinski definition) is 3. The molecule has 34 heavy (non-hydrogen) atoms. The van der Waals surface area contributed by atoms with E-state index in [9.17, 15) is 9.59 Å². The van der Waals surface area contributed by atoms with Crippen LogP contribution in [0.15, 0.2) is 109 Å². The number of Topliss-reactive ketones (excluding diaryl/α,β-unsaturated/α-hetero) is 1. The molecule has 2 N–H and O–H groups in total. The van der Waals surface area contributed by atoms with Crippen LogP contribution in [0.4, 0.5) is 17.1 Å². The molecule has 0 aliphatic carbocycles. The van der Waals surface area contributed by atoms with Crippen molar-refractivity contribution in [3.8, 4) is 0 Å². The number of ketones is 1. The van der Waals surface area contributed by atoms with Crippen molar-refractivity contribution in [2.24, 2.45) is 0 Å². The molecule has 0 aliphatic rings. The number of anilines is 3. The van der Waals surface area contributed by atoms with Crippen molar-refractivity contribution in [2.45, 2.75) is 25.7 Å². The first kappa shape index (κ1) is 23.0. The Kier molecular flexibility index (Phi) is 7.86. The van der Waals surface area contributed by atoms with Crippen molar-refractivity contribution in [2.75, 3.05) is 10.6 Å². The molecule has 4 rings (SSSR count). The molecule has 0 saturated heterocycles. The van der Waals surface area contributed by atoms with Gasteiger partial charge in [-0.3, -0.25) is 9.59 Å². The largest absolute Gasteiger partial charge is 0.356 e. The minimum atomic E-state index is -0.147. The Labute approximate surface area is 200 Å². The topological polar surface area (TPSA) is 58.2 Å². The van der Waals surface area contributed by atoms with Crippen molar-refractivity contribution in [3.05, 3.63) is 126 Å². The fourth-order valence-electron chi connectivity index (χ4n) is 3.72. The van der Waals surface area contributed by atoms with E-state index in [1.54, 1.807) is 0 Å². The highest BCUT2D eigenvalue weighted by atomic mass is 16.2. The number of benzene rings is 4. The van der Waals surface area contributed by atoms with Crippen LogP contribution in [0, 0.1) is 0 Å². The summed E-state index contributed by atoms with van der Waals surface area (Å²) in [5.41, 5.74) is 6.11. The van der Waals surface area contributed by atoms with Crippen LogP contribution in [0.25, 0.3) is 0 Å². The summed E-state index contributed by atoms with van der Waals surface area (Å²) in [5.74, 6) is -0.0938. The van der Waals surface area contributed by atoms with Crippen LogP contribution in [0.1, 0.15) is 29.5 Å². The highest BCUT2D eigenvalue weighted by molar-refractivity contribution is 5.94. The van der Waals surface area contributed by atoms with Crippen LogP contribution >= 0.6 is 0 Å². The molecule has 1 amide bonds. The number of carbonyl (C=O) groups excluding carboxylic acids is 2. The van der Waals surface area contributed by atoms with Crippen LogP contribution in [-0.2, 0) is 22.4 Å². The van der Waals surface area contributed by atoms with Gasteiger partial charge in [-0.25, -0.2) is 0 Å². The van der Waals surface area contributed by atoms with Crippen LogP contribution in [0.2, 0.25) is 0 Å². The maximum absolute atomic E-state index is 12.4. The van der Waals surface area contributed by atoms with Gasteiger partial charge in [-0.2, -0.15) is 0 Å². The lowest BCUT2D eigenvalue weighted by Crippen LogP contribution is -2.14. The van der Waals surface area contributed by atoms with E-state index in [4.69, 9.17) is 0 Å². The second kappa shape index (κ2) is 11.6. The van der Waals surface area contributed by atoms with Gasteiger partial charge in [-0.15, -0.1) is 0 Å². The van der Waals surface area contributed by atoms with Gasteiger partial charge in [-0.05, 0) is 59.5 Å². The predicted octanol–water partition coefficient (Wildman–Crippen LogP) is 6.55. The van der Waals surface area contributed by atoms with Crippen LogP contribution in [0.3, 0.4) is 0 Å². The van der Waals surface area contributed by atoms with E-state index in [0.29, 0.717) is 6.42 Å². The molecule has 170 valence electrons. The lowest BCUT2D eigenvalue weighted by molar-refractivity contribution is -0.122. The van der Waals surface area contributed by atoms with E-state index in [2.05, 4.69) is 22.8 Å². The van der Waals surface area contributed by atoms with Gasteiger partial charge in [0, 0.05) is 36.3 Å². The third kappa shape index (κ3) is 7.17. The molecule has 0 spiro atoms. The van der Waals surface area contributed by atoms with E-state index < -0.39 is 0 Å². The molecule has 0 aromatic heterocycles. The summed E-state index contributed by atoms with van der Waals surface area (Å²) in [7, 11) is 0. The highest BCUT2D eigenvalue weighted by Gasteiger charge is 2.09. The third-order valence-electron chi connectivity index (χ3n) is 5.54. The fourth-order valence-corrected chi connectivity index (χ4v) is 3.72. The smallest absolute Gasteiger partial charge is 0.224 e. The minimum Gasteiger partial charge on any atom is -0.356 e. The van der Waals surface area contributed by atoms with Crippen LogP contribution < -0.4 is 10.6 Å². The average Bonchev–Trinajstić information content (AvgIpc) is 2.86. The summed E-state index contributed by atoms with van der Waals surface area (Å²) >= 11 is 0. The van der Waals surface area contributed by atoms with Gasteiger partial charge < -0.3 is 10.6 Å². The zero-order chi connectivity index (χ0) is 23.6. The number of hydrogen-bond donors (Lipinski definition) is 2. The number of para-hydroxylation sites is 1. The molecule has 0 heterocycles. The number of rotatable bonds is 10. The first-order valence-corrected chi connectivity index (χ1v) is 11.5. The van der Waals surface area contributed by atoms with E-state index in [-0.39, 0.29) is 24.5 Å². The quantitative estimate of drug-likeness (QED) is 0.289. The van der Waals surface area contributed by atoms with Crippen LogP contribution in [0.5, 0.6) is 0 Å². The molecule has 4 heteroatoms. The number of carbonyl (C=O) groups is 2. The molecule has 0 radical (unpaired) electrons. The summed E-state index contributed by atoms with van der Waals surface area (Å²) in [4.78, 5) is 24.7. The zero-order valence-corrected chi connectivity index (χ0v) is 19.0. The van der Waals surface area contributed by atoms with Gasteiger partial charge in [-0.1, -0.05) is 72.8 Å². The molecule has 0 fully saturated rings. The first-order valence-electron chi connectivity index (χ1n) is 11.5. The summed E-state index contributed by atoms with van der Waals surface area (Å²) < 4.78 is 0. The summed E-state index contributed by atoms with van der Waals surface area (Å²) in [5, 5.41) is 6.21. The highest BCUT2D eigenvalue weighted by Crippen LogP contribution is 2.18. The molecule has 0 bridgehead atoms. The summed E-state index contributed by atoms with van der Waals surface area (Å²) in [6.07, 6.45) is 1.58. The molecular formula is C30H28N2O2. The maximum atomic E-state index is 12.4. The lowest BCUT2D eigenvalue weighted by Gasteiger charge is -2.08. The average molecular weight is 449 g/mol. The lowest BCUT2D eigenvalue weighted by atomic mass is 10.0. The Morgan fingerprint density at radius 3 is 1.74 bits per heavy atom. The molecule has 0 unspecified atom stereocenters. The van der Waals surface area contributed by atoms with E-state index >= 15 is 0 Å². The van der Waals surface area contributed by atoms with E-state index in [1.165, 1.54) is 11.1 Å². The van der Waals surface area contributed by atoms with Gasteiger partial charge in [0.15, 0.2) is 0 Å². The maximum Gasteiger partial charge on any atom is 0.224 e. The monoisotopic (exact) mass is 448 g/mol. The molecule has 0 atom stereocenters. The fraction of sp³-hybridized carbons (Fsp3) is 0.133. The van der Waals surface area contributed by atoms with Crippen molar-refractivity contribution >= 4 is 28.8 Å².